The van der Waals surface area contributed by atoms with Gasteiger partial charge in [0.05, 0.1) is 31.4 Å². The maximum atomic E-state index is 12.3. The lowest BCUT2D eigenvalue weighted by atomic mass is 10.1. The summed E-state index contributed by atoms with van der Waals surface area (Å²) in [5, 5.41) is 6.75. The zero-order valence-electron chi connectivity index (χ0n) is 17.0. The van der Waals surface area contributed by atoms with Gasteiger partial charge in [-0.1, -0.05) is 18.5 Å². The standard InChI is InChI=1S/C23H24N2O5/c1-3-4-13-29-23(27)17-5-9-18(10-6-17)24-22(26)15-19-14-21(30-25-19)16-7-11-20(28-2)12-8-16/h5-12,14H,3-4,13,15H2,1-2H3,(H,24,26). The molecule has 7 heteroatoms. The van der Waals surface area contributed by atoms with E-state index in [-0.39, 0.29) is 18.3 Å². The fourth-order valence-corrected chi connectivity index (χ4v) is 2.74. The molecule has 1 amide bonds. The van der Waals surface area contributed by atoms with Gasteiger partial charge in [-0.3, -0.25) is 4.79 Å². The molecule has 0 radical (unpaired) electrons. The number of esters is 1. The van der Waals surface area contributed by atoms with Crippen molar-refractivity contribution in [3.8, 4) is 17.1 Å². The van der Waals surface area contributed by atoms with Gasteiger partial charge in [-0.2, -0.15) is 0 Å². The summed E-state index contributed by atoms with van der Waals surface area (Å²) in [6.07, 6.45) is 1.87. The Morgan fingerprint density at radius 3 is 2.47 bits per heavy atom. The number of hydrogen-bond donors (Lipinski definition) is 1. The maximum Gasteiger partial charge on any atom is 0.338 e. The second kappa shape index (κ2) is 10.2. The Kier molecular flexibility index (Phi) is 7.21. The van der Waals surface area contributed by atoms with Crippen LogP contribution in [0.3, 0.4) is 0 Å². The van der Waals surface area contributed by atoms with Crippen molar-refractivity contribution in [2.24, 2.45) is 0 Å². The lowest BCUT2D eigenvalue weighted by Crippen LogP contribution is -2.14. The monoisotopic (exact) mass is 408 g/mol. The molecule has 1 heterocycles. The lowest BCUT2D eigenvalue weighted by molar-refractivity contribution is -0.115. The van der Waals surface area contributed by atoms with Gasteiger partial charge >= 0.3 is 5.97 Å². The molecule has 0 saturated heterocycles. The molecule has 3 rings (SSSR count). The van der Waals surface area contributed by atoms with E-state index in [4.69, 9.17) is 14.0 Å². The summed E-state index contributed by atoms with van der Waals surface area (Å²) in [6.45, 7) is 2.44. The Morgan fingerprint density at radius 2 is 1.80 bits per heavy atom. The quantitative estimate of drug-likeness (QED) is 0.414. The average molecular weight is 408 g/mol. The number of aromatic nitrogens is 1. The molecule has 156 valence electrons. The van der Waals surface area contributed by atoms with Crippen molar-refractivity contribution in [3.63, 3.8) is 0 Å². The predicted molar refractivity (Wildman–Crippen MR) is 112 cm³/mol. The third kappa shape index (κ3) is 5.70. The first-order valence-electron chi connectivity index (χ1n) is 9.76. The topological polar surface area (TPSA) is 90.7 Å². The fraction of sp³-hybridized carbons (Fsp3) is 0.261. The van der Waals surface area contributed by atoms with E-state index in [9.17, 15) is 9.59 Å². The van der Waals surface area contributed by atoms with Crippen LogP contribution in [0.5, 0.6) is 5.75 Å². The van der Waals surface area contributed by atoms with Crippen LogP contribution >= 0.6 is 0 Å². The first-order valence-corrected chi connectivity index (χ1v) is 9.76. The number of carbonyl (C=O) groups excluding carboxylic acids is 2. The molecule has 3 aromatic rings. The number of benzene rings is 2. The van der Waals surface area contributed by atoms with Crippen molar-refractivity contribution in [2.45, 2.75) is 26.2 Å². The highest BCUT2D eigenvalue weighted by Crippen LogP contribution is 2.23. The number of rotatable bonds is 9. The Morgan fingerprint density at radius 1 is 1.07 bits per heavy atom. The van der Waals surface area contributed by atoms with Gasteiger partial charge in [0.15, 0.2) is 5.76 Å². The Hall–Kier alpha value is -3.61. The number of amides is 1. The van der Waals surface area contributed by atoms with Gasteiger partial charge in [-0.25, -0.2) is 4.79 Å². The summed E-state index contributed by atoms with van der Waals surface area (Å²) in [6, 6.07) is 15.7. The van der Waals surface area contributed by atoms with Crippen molar-refractivity contribution in [3.05, 3.63) is 65.9 Å². The Balaban J connectivity index is 1.54. The Bertz CT molecular complexity index is 978. The van der Waals surface area contributed by atoms with Crippen LogP contribution in [0.4, 0.5) is 5.69 Å². The number of unbranched alkanes of at least 4 members (excludes halogenated alkanes) is 1. The summed E-state index contributed by atoms with van der Waals surface area (Å²) in [5.74, 6) is 0.724. The number of ether oxygens (including phenoxy) is 2. The molecule has 0 aliphatic rings. The second-order valence-electron chi connectivity index (χ2n) is 6.70. The van der Waals surface area contributed by atoms with Gasteiger partial charge in [0.1, 0.15) is 5.75 Å². The molecule has 0 aliphatic heterocycles. The van der Waals surface area contributed by atoms with Crippen LogP contribution < -0.4 is 10.1 Å². The second-order valence-corrected chi connectivity index (χ2v) is 6.70. The molecule has 30 heavy (non-hydrogen) atoms. The minimum absolute atomic E-state index is 0.0699. The van der Waals surface area contributed by atoms with Crippen molar-refractivity contribution in [1.82, 2.24) is 5.16 Å². The minimum Gasteiger partial charge on any atom is -0.497 e. The molecule has 7 nitrogen and oxygen atoms in total. The third-order valence-electron chi connectivity index (χ3n) is 4.41. The van der Waals surface area contributed by atoms with Gasteiger partial charge in [0.25, 0.3) is 0 Å². The number of nitrogens with zero attached hydrogens (tertiary/aromatic N) is 1. The Labute approximate surface area is 175 Å². The van der Waals surface area contributed by atoms with Crippen LogP contribution in [-0.2, 0) is 16.0 Å². The van der Waals surface area contributed by atoms with Crippen LogP contribution in [0.2, 0.25) is 0 Å². The highest BCUT2D eigenvalue weighted by Gasteiger charge is 2.12. The summed E-state index contributed by atoms with van der Waals surface area (Å²) in [5.41, 5.74) is 2.40. The van der Waals surface area contributed by atoms with Crippen molar-refractivity contribution < 1.29 is 23.6 Å². The molecule has 0 aliphatic carbocycles. The van der Waals surface area contributed by atoms with Gasteiger partial charge in [-0.15, -0.1) is 0 Å². The molecule has 1 aromatic heterocycles. The van der Waals surface area contributed by atoms with Crippen LogP contribution in [0.1, 0.15) is 35.8 Å². The van der Waals surface area contributed by atoms with Crippen molar-refractivity contribution in [1.29, 1.82) is 0 Å². The van der Waals surface area contributed by atoms with Crippen LogP contribution in [0.15, 0.2) is 59.1 Å². The number of methoxy groups -OCH3 is 1. The summed E-state index contributed by atoms with van der Waals surface area (Å²) in [4.78, 5) is 24.2. The molecule has 0 bridgehead atoms. The van der Waals surface area contributed by atoms with Crippen LogP contribution in [0.25, 0.3) is 11.3 Å². The molecule has 0 spiro atoms. The van der Waals surface area contributed by atoms with Gasteiger partial charge in [-0.05, 0) is 55.0 Å². The van der Waals surface area contributed by atoms with E-state index in [2.05, 4.69) is 10.5 Å². The smallest absolute Gasteiger partial charge is 0.338 e. The summed E-state index contributed by atoms with van der Waals surface area (Å²) < 4.78 is 15.6. The van der Waals surface area contributed by atoms with E-state index in [0.717, 1.165) is 24.2 Å². The molecular weight excluding hydrogens is 384 g/mol. The molecule has 0 saturated carbocycles. The largest absolute Gasteiger partial charge is 0.497 e. The highest BCUT2D eigenvalue weighted by atomic mass is 16.5. The average Bonchev–Trinajstić information content (AvgIpc) is 3.22. The summed E-state index contributed by atoms with van der Waals surface area (Å²) in [7, 11) is 1.60. The lowest BCUT2D eigenvalue weighted by Gasteiger charge is -2.06. The van der Waals surface area contributed by atoms with Gasteiger partial charge in [0, 0.05) is 17.3 Å². The fourth-order valence-electron chi connectivity index (χ4n) is 2.74. The molecule has 0 atom stereocenters. The maximum absolute atomic E-state index is 12.3. The predicted octanol–water partition coefficient (Wildman–Crippen LogP) is 4.49. The first kappa shape index (κ1) is 21.1. The highest BCUT2D eigenvalue weighted by molar-refractivity contribution is 5.93. The van der Waals surface area contributed by atoms with E-state index in [1.165, 1.54) is 0 Å². The zero-order valence-corrected chi connectivity index (χ0v) is 17.0. The van der Waals surface area contributed by atoms with Crippen molar-refractivity contribution in [2.75, 3.05) is 19.0 Å². The molecular formula is C23H24N2O5. The van der Waals surface area contributed by atoms with E-state index < -0.39 is 0 Å². The van der Waals surface area contributed by atoms with Crippen LogP contribution in [0, 0.1) is 0 Å². The van der Waals surface area contributed by atoms with Crippen LogP contribution in [-0.4, -0.2) is 30.7 Å². The zero-order chi connectivity index (χ0) is 21.3. The van der Waals surface area contributed by atoms with E-state index >= 15 is 0 Å². The molecule has 0 unspecified atom stereocenters. The third-order valence-corrected chi connectivity index (χ3v) is 4.41. The van der Waals surface area contributed by atoms with E-state index in [1.54, 1.807) is 37.4 Å². The number of nitrogens with one attached hydrogen (secondary N) is 1. The minimum atomic E-state index is -0.366. The van der Waals surface area contributed by atoms with Crippen molar-refractivity contribution >= 4 is 17.6 Å². The number of hydrogen-bond acceptors (Lipinski definition) is 6. The first-order chi connectivity index (χ1) is 14.6. The molecule has 1 N–H and O–H groups in total. The summed E-state index contributed by atoms with van der Waals surface area (Å²) >= 11 is 0. The SMILES string of the molecule is CCCCOC(=O)c1ccc(NC(=O)Cc2cc(-c3ccc(OC)cc3)on2)cc1. The van der Waals surface area contributed by atoms with E-state index in [1.807, 2.05) is 31.2 Å². The molecule has 0 fully saturated rings. The normalized spacial score (nSPS) is 10.5. The van der Waals surface area contributed by atoms with E-state index in [0.29, 0.717) is 29.3 Å². The van der Waals surface area contributed by atoms with Gasteiger partial charge in [0.2, 0.25) is 5.91 Å². The number of anilines is 1. The van der Waals surface area contributed by atoms with Gasteiger partial charge < -0.3 is 19.3 Å². The number of carbonyl (C=O) groups is 2. The molecule has 2 aromatic carbocycles.